The van der Waals surface area contributed by atoms with Gasteiger partial charge in [-0.05, 0) is 55.6 Å². The van der Waals surface area contributed by atoms with Crippen LogP contribution in [0.15, 0.2) is 285 Å². The summed E-state index contributed by atoms with van der Waals surface area (Å²) in [5.74, 6) is 1.86. The second kappa shape index (κ2) is 18.6. The minimum Gasteiger partial charge on any atom is -0.208 e. The van der Waals surface area contributed by atoms with Gasteiger partial charge in [0.2, 0.25) is 0 Å². The van der Waals surface area contributed by atoms with Gasteiger partial charge in [-0.25, -0.2) is 15.0 Å². The summed E-state index contributed by atoms with van der Waals surface area (Å²) in [5, 5.41) is 0. The van der Waals surface area contributed by atoms with E-state index in [2.05, 4.69) is 267 Å². The summed E-state index contributed by atoms with van der Waals surface area (Å²) < 4.78 is 0. The molecule has 0 saturated carbocycles. The molecule has 3 heteroatoms. The maximum atomic E-state index is 5.17. The van der Waals surface area contributed by atoms with Crippen molar-refractivity contribution < 1.29 is 0 Å². The van der Waals surface area contributed by atoms with Gasteiger partial charge in [0, 0.05) is 16.7 Å². The lowest BCUT2D eigenvalue weighted by molar-refractivity contribution is 0.745. The molecule has 0 atom stereocenters. The molecule has 322 valence electrons. The summed E-state index contributed by atoms with van der Waals surface area (Å²) in [5.41, 5.74) is 13.5. The van der Waals surface area contributed by atoms with E-state index in [0.29, 0.717) is 17.5 Å². The van der Waals surface area contributed by atoms with Crippen LogP contribution >= 0.6 is 0 Å². The molecular formula is C65H47N3. The van der Waals surface area contributed by atoms with E-state index in [0.717, 1.165) is 33.4 Å². The maximum absolute atomic E-state index is 5.17. The fourth-order valence-electron chi connectivity index (χ4n) is 10.1. The normalized spacial score (nSPS) is 11.5. The number of rotatable bonds is 12. The van der Waals surface area contributed by atoms with Gasteiger partial charge in [-0.1, -0.05) is 285 Å². The highest BCUT2D eigenvalue weighted by molar-refractivity contribution is 5.72. The first-order valence-electron chi connectivity index (χ1n) is 23.2. The Morgan fingerprint density at radius 3 is 0.603 bits per heavy atom. The van der Waals surface area contributed by atoms with Gasteiger partial charge >= 0.3 is 0 Å². The van der Waals surface area contributed by atoms with Gasteiger partial charge in [-0.2, -0.15) is 0 Å². The Labute approximate surface area is 398 Å². The monoisotopic (exact) mass is 869 g/mol. The molecule has 0 fully saturated rings. The van der Waals surface area contributed by atoms with Gasteiger partial charge in [-0.3, -0.25) is 0 Å². The lowest BCUT2D eigenvalue weighted by Crippen LogP contribution is -2.30. The molecule has 11 aromatic rings. The largest absolute Gasteiger partial charge is 0.208 e. The predicted octanol–water partition coefficient (Wildman–Crippen LogP) is 15.3. The second-order valence-corrected chi connectivity index (χ2v) is 17.1. The zero-order valence-corrected chi connectivity index (χ0v) is 37.5. The van der Waals surface area contributed by atoms with E-state index in [-0.39, 0.29) is 0 Å². The van der Waals surface area contributed by atoms with Crippen molar-refractivity contribution in [1.29, 1.82) is 0 Å². The molecule has 0 N–H and O–H groups in total. The van der Waals surface area contributed by atoms with Crippen molar-refractivity contribution in [2.75, 3.05) is 0 Å². The van der Waals surface area contributed by atoms with Crippen LogP contribution in [-0.2, 0) is 10.8 Å². The molecular weight excluding hydrogens is 823 g/mol. The highest BCUT2D eigenvalue weighted by Gasteiger charge is 2.39. The fraction of sp³-hybridized carbons (Fsp3) is 0.0308. The van der Waals surface area contributed by atoms with Crippen molar-refractivity contribution in [3.05, 3.63) is 330 Å². The standard InChI is InChI=1S/C65H47N3/c1-8-22-50(23-9-1)61-66-62(68-63(67-61)52-42-46-60(47-43-52)65(56-30-16-5-17-31-56,57-32-18-6-19-33-57)58-34-20-7-21-35-58)51-38-36-48(37-39-51)49-40-44-59(45-41-49)64(53-24-10-2-11-25-53,54-26-12-3-13-27-54)55-28-14-4-15-29-55/h1-47H. The van der Waals surface area contributed by atoms with Crippen LogP contribution in [0.25, 0.3) is 45.3 Å². The second-order valence-electron chi connectivity index (χ2n) is 17.1. The Balaban J connectivity index is 0.967. The smallest absolute Gasteiger partial charge is 0.164 e. The van der Waals surface area contributed by atoms with E-state index >= 15 is 0 Å². The van der Waals surface area contributed by atoms with E-state index < -0.39 is 10.8 Å². The summed E-state index contributed by atoms with van der Waals surface area (Å²) in [6.07, 6.45) is 0. The quantitative estimate of drug-likeness (QED) is 0.115. The first-order chi connectivity index (χ1) is 33.7. The van der Waals surface area contributed by atoms with E-state index in [9.17, 15) is 0 Å². The molecule has 0 radical (unpaired) electrons. The van der Waals surface area contributed by atoms with Crippen molar-refractivity contribution in [3.63, 3.8) is 0 Å². The van der Waals surface area contributed by atoms with Gasteiger partial charge in [0.15, 0.2) is 17.5 Å². The summed E-state index contributed by atoms with van der Waals surface area (Å²) in [6.45, 7) is 0. The van der Waals surface area contributed by atoms with Crippen molar-refractivity contribution in [3.8, 4) is 45.3 Å². The molecule has 0 bridgehead atoms. The predicted molar refractivity (Wildman–Crippen MR) is 278 cm³/mol. The molecule has 0 aliphatic carbocycles. The van der Waals surface area contributed by atoms with Crippen molar-refractivity contribution in [2.45, 2.75) is 10.8 Å². The van der Waals surface area contributed by atoms with Gasteiger partial charge in [0.05, 0.1) is 10.8 Å². The SMILES string of the molecule is c1ccc(-c2nc(-c3ccc(-c4ccc(C(c5ccccc5)(c5ccccc5)c5ccccc5)cc4)cc3)nc(-c3ccc(C(c4ccccc4)(c4ccccc4)c4ccccc4)cc3)n2)cc1. The third kappa shape index (κ3) is 7.70. The lowest BCUT2D eigenvalue weighted by atomic mass is 9.65. The van der Waals surface area contributed by atoms with Gasteiger partial charge in [-0.15, -0.1) is 0 Å². The zero-order chi connectivity index (χ0) is 45.6. The number of aromatic nitrogens is 3. The van der Waals surface area contributed by atoms with Crippen molar-refractivity contribution in [1.82, 2.24) is 15.0 Å². The molecule has 0 aliphatic rings. The number of nitrogens with zero attached hydrogens (tertiary/aromatic N) is 3. The molecule has 0 unspecified atom stereocenters. The van der Waals surface area contributed by atoms with Crippen molar-refractivity contribution in [2.24, 2.45) is 0 Å². The Hall–Kier alpha value is -8.79. The number of benzene rings is 10. The Morgan fingerprint density at radius 2 is 0.338 bits per heavy atom. The van der Waals surface area contributed by atoms with E-state index in [1.165, 1.54) is 38.9 Å². The number of hydrogen-bond acceptors (Lipinski definition) is 3. The van der Waals surface area contributed by atoms with Crippen LogP contribution in [0.3, 0.4) is 0 Å². The van der Waals surface area contributed by atoms with Crippen LogP contribution in [0.2, 0.25) is 0 Å². The Morgan fingerprint density at radius 1 is 0.162 bits per heavy atom. The van der Waals surface area contributed by atoms with Crippen LogP contribution in [0, 0.1) is 0 Å². The summed E-state index contributed by atoms with van der Waals surface area (Å²) in [4.78, 5) is 15.4. The average molecular weight is 870 g/mol. The van der Waals surface area contributed by atoms with E-state index in [1.807, 2.05) is 18.2 Å². The molecule has 1 heterocycles. The summed E-state index contributed by atoms with van der Waals surface area (Å²) >= 11 is 0. The van der Waals surface area contributed by atoms with Crippen LogP contribution in [0.5, 0.6) is 0 Å². The minimum absolute atomic E-state index is 0.506. The zero-order valence-electron chi connectivity index (χ0n) is 37.5. The number of hydrogen-bond donors (Lipinski definition) is 0. The third-order valence-electron chi connectivity index (χ3n) is 13.3. The molecule has 1 aromatic heterocycles. The Kier molecular flexibility index (Phi) is 11.5. The first-order valence-corrected chi connectivity index (χ1v) is 23.2. The molecule has 3 nitrogen and oxygen atoms in total. The van der Waals surface area contributed by atoms with Crippen LogP contribution < -0.4 is 0 Å². The summed E-state index contributed by atoms with van der Waals surface area (Å²) in [6, 6.07) is 101. The van der Waals surface area contributed by atoms with Crippen LogP contribution in [0.4, 0.5) is 0 Å². The highest BCUT2D eigenvalue weighted by atomic mass is 15.0. The minimum atomic E-state index is -0.557. The lowest BCUT2D eigenvalue weighted by Gasteiger charge is -2.37. The van der Waals surface area contributed by atoms with Crippen LogP contribution in [0.1, 0.15) is 44.5 Å². The molecule has 0 aliphatic heterocycles. The van der Waals surface area contributed by atoms with E-state index in [4.69, 9.17) is 15.0 Å². The molecule has 0 amide bonds. The topological polar surface area (TPSA) is 38.7 Å². The van der Waals surface area contributed by atoms with E-state index in [1.54, 1.807) is 0 Å². The maximum Gasteiger partial charge on any atom is 0.164 e. The van der Waals surface area contributed by atoms with Crippen molar-refractivity contribution >= 4 is 0 Å². The molecule has 0 spiro atoms. The van der Waals surface area contributed by atoms with Crippen LogP contribution in [-0.4, -0.2) is 15.0 Å². The van der Waals surface area contributed by atoms with Gasteiger partial charge < -0.3 is 0 Å². The molecule has 68 heavy (non-hydrogen) atoms. The third-order valence-corrected chi connectivity index (χ3v) is 13.3. The van der Waals surface area contributed by atoms with Gasteiger partial charge in [0.25, 0.3) is 0 Å². The van der Waals surface area contributed by atoms with Gasteiger partial charge in [0.1, 0.15) is 0 Å². The highest BCUT2D eigenvalue weighted by Crippen LogP contribution is 2.47. The molecule has 0 saturated heterocycles. The fourth-order valence-corrected chi connectivity index (χ4v) is 10.1. The average Bonchev–Trinajstić information content (AvgIpc) is 3.44. The Bertz CT molecular complexity index is 3170. The first kappa shape index (κ1) is 41.9. The summed E-state index contributed by atoms with van der Waals surface area (Å²) in [7, 11) is 0. The molecule has 11 rings (SSSR count). The molecule has 10 aromatic carbocycles.